The lowest BCUT2D eigenvalue weighted by atomic mass is 10.2. The third kappa shape index (κ3) is 3.65. The minimum absolute atomic E-state index is 0.390. The maximum atomic E-state index is 12.1. The summed E-state index contributed by atoms with van der Waals surface area (Å²) in [6, 6.07) is 10.9. The third-order valence-electron chi connectivity index (χ3n) is 4.04. The van der Waals surface area contributed by atoms with Gasteiger partial charge in [0.2, 0.25) is 0 Å². The van der Waals surface area contributed by atoms with Gasteiger partial charge in [-0.05, 0) is 24.3 Å². The fraction of sp³-hybridized carbons (Fsp3) is 0.278. The largest absolute Gasteiger partial charge is 0.497 e. The number of ether oxygens (including phenoxy) is 2. The Hall–Kier alpha value is -2.44. The number of hydrogen-bond acceptors (Lipinski definition) is 4. The highest BCUT2D eigenvalue weighted by Gasteiger charge is 2.15. The molecule has 3 rings (SSSR count). The van der Waals surface area contributed by atoms with E-state index in [1.54, 1.807) is 37.0 Å². The summed E-state index contributed by atoms with van der Waals surface area (Å²) >= 11 is 5.95. The minimum Gasteiger partial charge on any atom is -0.497 e. The second kappa shape index (κ2) is 7.21. The minimum atomic E-state index is -0.390. The van der Waals surface area contributed by atoms with Gasteiger partial charge in [0.15, 0.2) is 12.3 Å². The number of fused-ring (bicyclic) bond motifs is 1. The van der Waals surface area contributed by atoms with Crippen molar-refractivity contribution in [1.82, 2.24) is 4.57 Å². The first kappa shape index (κ1) is 17.4. The molecule has 2 aromatic carbocycles. The van der Waals surface area contributed by atoms with Crippen LogP contribution >= 0.6 is 11.6 Å². The Morgan fingerprint density at radius 1 is 1.16 bits per heavy atom. The number of aromatic nitrogens is 1. The molecule has 0 aliphatic rings. The molecule has 1 heterocycles. The third-order valence-corrected chi connectivity index (χ3v) is 4.28. The topological polar surface area (TPSA) is 58.0 Å². The Morgan fingerprint density at radius 2 is 1.96 bits per heavy atom. The van der Waals surface area contributed by atoms with E-state index in [2.05, 4.69) is 0 Å². The lowest BCUT2D eigenvalue weighted by Crippen LogP contribution is -3.07. The molecule has 0 radical (unpaired) electrons. The molecule has 0 aliphatic heterocycles. The molecule has 0 bridgehead atoms. The molecule has 0 fully saturated rings. The number of halogens is 1. The molecule has 0 spiro atoms. The van der Waals surface area contributed by atoms with E-state index in [-0.39, 0.29) is 0 Å². The van der Waals surface area contributed by atoms with E-state index in [1.807, 2.05) is 25.2 Å². The van der Waals surface area contributed by atoms with Gasteiger partial charge in [0.1, 0.15) is 18.0 Å². The van der Waals surface area contributed by atoms with Gasteiger partial charge in [-0.3, -0.25) is 0 Å². The van der Waals surface area contributed by atoms with E-state index < -0.39 is 5.76 Å². The molecule has 1 atom stereocenters. The summed E-state index contributed by atoms with van der Waals surface area (Å²) in [6.07, 6.45) is 0. The van der Waals surface area contributed by atoms with Crippen LogP contribution in [0.2, 0.25) is 5.02 Å². The molecule has 0 saturated heterocycles. The summed E-state index contributed by atoms with van der Waals surface area (Å²) < 4.78 is 17.5. The average Bonchev–Trinajstić information content (AvgIpc) is 2.89. The van der Waals surface area contributed by atoms with E-state index >= 15 is 0 Å². The first-order valence-corrected chi connectivity index (χ1v) is 8.20. The molecule has 0 saturated carbocycles. The zero-order chi connectivity index (χ0) is 18.0. The van der Waals surface area contributed by atoms with Crippen LogP contribution in [0.1, 0.15) is 5.56 Å². The number of oxazole rings is 1. The van der Waals surface area contributed by atoms with Gasteiger partial charge in [0.25, 0.3) is 0 Å². The van der Waals surface area contributed by atoms with Crippen molar-refractivity contribution in [2.75, 3.05) is 21.3 Å². The number of nitrogens with one attached hydrogen (secondary N) is 1. The van der Waals surface area contributed by atoms with Crippen LogP contribution in [0.15, 0.2) is 45.6 Å². The lowest BCUT2D eigenvalue weighted by molar-refractivity contribution is -0.916. The predicted molar refractivity (Wildman–Crippen MR) is 95.6 cm³/mol. The van der Waals surface area contributed by atoms with Crippen LogP contribution in [-0.2, 0) is 13.2 Å². The van der Waals surface area contributed by atoms with Crippen LogP contribution in [0.25, 0.3) is 11.1 Å². The highest BCUT2D eigenvalue weighted by atomic mass is 35.5. The second-order valence-electron chi connectivity index (χ2n) is 5.88. The van der Waals surface area contributed by atoms with Gasteiger partial charge in [0, 0.05) is 22.7 Å². The number of quaternary nitrogens is 1. The Bertz CT molecular complexity index is 948. The standard InChI is InChI=1S/C18H19ClN2O4/c1-20(10-12-4-6-14(23-2)9-16(12)24-3)11-21-15-7-5-13(19)8-17(15)25-18(21)22/h4-9H,10-11H2,1-3H3/p+1. The van der Waals surface area contributed by atoms with Crippen molar-refractivity contribution in [2.45, 2.75) is 13.2 Å². The van der Waals surface area contributed by atoms with Gasteiger partial charge in [-0.15, -0.1) is 0 Å². The highest BCUT2D eigenvalue weighted by molar-refractivity contribution is 6.31. The molecule has 132 valence electrons. The molecule has 0 amide bonds. The van der Waals surface area contributed by atoms with Crippen LogP contribution in [0.3, 0.4) is 0 Å². The summed E-state index contributed by atoms with van der Waals surface area (Å²) in [7, 11) is 5.25. The van der Waals surface area contributed by atoms with Crippen LogP contribution in [0, 0.1) is 0 Å². The summed E-state index contributed by atoms with van der Waals surface area (Å²) in [5.74, 6) is 1.11. The number of benzene rings is 2. The predicted octanol–water partition coefficient (Wildman–Crippen LogP) is 1.94. The monoisotopic (exact) mass is 363 g/mol. The molecule has 1 unspecified atom stereocenters. The Kier molecular flexibility index (Phi) is 5.01. The van der Waals surface area contributed by atoms with Crippen molar-refractivity contribution in [1.29, 1.82) is 0 Å². The van der Waals surface area contributed by atoms with Crippen LogP contribution in [0.4, 0.5) is 0 Å². The number of rotatable bonds is 6. The van der Waals surface area contributed by atoms with E-state index in [0.717, 1.165) is 27.5 Å². The molecular formula is C18H20ClN2O4+. The quantitative estimate of drug-likeness (QED) is 0.727. The summed E-state index contributed by atoms with van der Waals surface area (Å²) in [5.41, 5.74) is 2.26. The Morgan fingerprint density at radius 3 is 2.68 bits per heavy atom. The number of methoxy groups -OCH3 is 2. The maximum absolute atomic E-state index is 12.1. The molecule has 1 aromatic heterocycles. The van der Waals surface area contributed by atoms with Crippen molar-refractivity contribution in [3.05, 3.63) is 57.5 Å². The normalized spacial score (nSPS) is 12.3. The van der Waals surface area contributed by atoms with Crippen LogP contribution < -0.4 is 20.1 Å². The lowest BCUT2D eigenvalue weighted by Gasteiger charge is -2.16. The SMILES string of the molecule is COc1ccc(C[NH+](C)Cn2c(=O)oc3cc(Cl)ccc32)c(OC)c1. The molecule has 6 nitrogen and oxygen atoms in total. The van der Waals surface area contributed by atoms with Gasteiger partial charge >= 0.3 is 5.76 Å². The highest BCUT2D eigenvalue weighted by Crippen LogP contribution is 2.24. The van der Waals surface area contributed by atoms with Gasteiger partial charge in [-0.1, -0.05) is 11.6 Å². The Balaban J connectivity index is 1.83. The maximum Gasteiger partial charge on any atom is 0.424 e. The van der Waals surface area contributed by atoms with Crippen molar-refractivity contribution < 1.29 is 18.8 Å². The average molecular weight is 364 g/mol. The molecule has 1 N–H and O–H groups in total. The zero-order valence-electron chi connectivity index (χ0n) is 14.3. The van der Waals surface area contributed by atoms with Crippen molar-refractivity contribution in [3.8, 4) is 11.5 Å². The van der Waals surface area contributed by atoms with E-state index in [0.29, 0.717) is 23.8 Å². The van der Waals surface area contributed by atoms with E-state index in [4.69, 9.17) is 25.5 Å². The van der Waals surface area contributed by atoms with Crippen molar-refractivity contribution >= 4 is 22.7 Å². The summed E-state index contributed by atoms with van der Waals surface area (Å²) in [6.45, 7) is 1.14. The van der Waals surface area contributed by atoms with Crippen LogP contribution in [0.5, 0.6) is 11.5 Å². The van der Waals surface area contributed by atoms with Gasteiger partial charge < -0.3 is 18.8 Å². The number of hydrogen-bond donors (Lipinski definition) is 1. The number of nitrogens with zero attached hydrogens (tertiary/aromatic N) is 1. The summed E-state index contributed by atoms with van der Waals surface area (Å²) in [4.78, 5) is 13.2. The molecule has 25 heavy (non-hydrogen) atoms. The first-order chi connectivity index (χ1) is 12.0. The molecule has 7 heteroatoms. The van der Waals surface area contributed by atoms with Gasteiger partial charge in [0.05, 0.1) is 26.8 Å². The zero-order valence-corrected chi connectivity index (χ0v) is 15.1. The van der Waals surface area contributed by atoms with Gasteiger partial charge in [-0.2, -0.15) is 0 Å². The smallest absolute Gasteiger partial charge is 0.424 e. The Labute approximate surface area is 150 Å². The fourth-order valence-electron chi connectivity index (χ4n) is 2.84. The molecule has 0 aliphatic carbocycles. The van der Waals surface area contributed by atoms with Crippen molar-refractivity contribution in [2.24, 2.45) is 0 Å². The molecular weight excluding hydrogens is 344 g/mol. The summed E-state index contributed by atoms with van der Waals surface area (Å²) in [5, 5.41) is 0.539. The first-order valence-electron chi connectivity index (χ1n) is 7.83. The second-order valence-corrected chi connectivity index (χ2v) is 6.31. The molecule has 3 aromatic rings. The van der Waals surface area contributed by atoms with E-state index in [1.165, 1.54) is 0 Å². The van der Waals surface area contributed by atoms with Crippen molar-refractivity contribution in [3.63, 3.8) is 0 Å². The fourth-order valence-corrected chi connectivity index (χ4v) is 3.00. The van der Waals surface area contributed by atoms with Crippen LogP contribution in [-0.4, -0.2) is 25.8 Å². The van der Waals surface area contributed by atoms with E-state index in [9.17, 15) is 4.79 Å². The van der Waals surface area contributed by atoms with Gasteiger partial charge in [-0.25, -0.2) is 9.36 Å².